The number of aliphatic carboxylic acids is 1. The van der Waals surface area contributed by atoms with Crippen LogP contribution in [0.2, 0.25) is 0 Å². The number of nitrogens with one attached hydrogen (secondary N) is 1. The normalized spacial score (nSPS) is 9.94. The number of carboxylic acids is 1. The summed E-state index contributed by atoms with van der Waals surface area (Å²) in [5.41, 5.74) is 1.06. The first kappa shape index (κ1) is 13.5. The van der Waals surface area contributed by atoms with Gasteiger partial charge in [0.05, 0.1) is 24.0 Å². The molecular formula is C11H14N2O3S. The number of carbonyl (C=O) groups excluding carboxylic acids is 1. The molecule has 0 bridgehead atoms. The van der Waals surface area contributed by atoms with Gasteiger partial charge in [-0.15, -0.1) is 0 Å². The molecule has 2 N–H and O–H groups in total. The SMILES string of the molecule is CSCCC(=O)Nc1ccc(CC(=O)O)nc1. The Morgan fingerprint density at radius 2 is 2.24 bits per heavy atom. The van der Waals surface area contributed by atoms with Crippen LogP contribution >= 0.6 is 11.8 Å². The topological polar surface area (TPSA) is 79.3 Å². The molecule has 0 saturated heterocycles. The lowest BCUT2D eigenvalue weighted by molar-refractivity contribution is -0.136. The average Bonchev–Trinajstić information content (AvgIpc) is 2.28. The van der Waals surface area contributed by atoms with E-state index in [2.05, 4.69) is 10.3 Å². The molecule has 1 heterocycles. The summed E-state index contributed by atoms with van der Waals surface area (Å²) in [5, 5.41) is 11.3. The fourth-order valence-electron chi connectivity index (χ4n) is 1.18. The second kappa shape index (κ2) is 6.90. The number of amides is 1. The van der Waals surface area contributed by atoms with E-state index in [4.69, 9.17) is 5.11 Å². The maximum absolute atomic E-state index is 11.4. The first-order valence-corrected chi connectivity index (χ1v) is 6.46. The summed E-state index contributed by atoms with van der Waals surface area (Å²) < 4.78 is 0. The van der Waals surface area contributed by atoms with Crippen molar-refractivity contribution in [2.45, 2.75) is 12.8 Å². The number of nitrogens with zero attached hydrogens (tertiary/aromatic N) is 1. The van der Waals surface area contributed by atoms with Gasteiger partial charge in [-0.25, -0.2) is 0 Å². The van der Waals surface area contributed by atoms with Gasteiger partial charge in [0.1, 0.15) is 0 Å². The van der Waals surface area contributed by atoms with Crippen LogP contribution in [-0.4, -0.2) is 34.0 Å². The van der Waals surface area contributed by atoms with Crippen LogP contribution < -0.4 is 5.32 Å². The predicted molar refractivity (Wildman–Crippen MR) is 67.2 cm³/mol. The third-order valence-electron chi connectivity index (χ3n) is 1.97. The first-order chi connectivity index (χ1) is 8.11. The molecule has 0 unspecified atom stereocenters. The Kier molecular flexibility index (Phi) is 5.48. The highest BCUT2D eigenvalue weighted by atomic mass is 32.2. The number of anilines is 1. The Bertz CT molecular complexity index is 392. The summed E-state index contributed by atoms with van der Waals surface area (Å²) in [6, 6.07) is 3.25. The predicted octanol–water partition coefficient (Wildman–Crippen LogP) is 1.40. The molecule has 92 valence electrons. The molecule has 0 aliphatic rings. The molecule has 0 aliphatic carbocycles. The highest BCUT2D eigenvalue weighted by molar-refractivity contribution is 7.98. The minimum atomic E-state index is -0.922. The molecule has 0 aromatic carbocycles. The van der Waals surface area contributed by atoms with Gasteiger partial charge in [0.2, 0.25) is 5.91 Å². The molecule has 1 aromatic heterocycles. The highest BCUT2D eigenvalue weighted by Gasteiger charge is 2.04. The summed E-state index contributed by atoms with van der Waals surface area (Å²) >= 11 is 1.61. The van der Waals surface area contributed by atoms with E-state index in [9.17, 15) is 9.59 Å². The van der Waals surface area contributed by atoms with Gasteiger partial charge in [-0.3, -0.25) is 14.6 Å². The number of aromatic nitrogens is 1. The lowest BCUT2D eigenvalue weighted by atomic mass is 10.2. The fourth-order valence-corrected chi connectivity index (χ4v) is 1.57. The fraction of sp³-hybridized carbons (Fsp3) is 0.364. The van der Waals surface area contributed by atoms with Crippen LogP contribution in [-0.2, 0) is 16.0 Å². The molecule has 17 heavy (non-hydrogen) atoms. The van der Waals surface area contributed by atoms with Crippen molar-refractivity contribution >= 4 is 29.3 Å². The first-order valence-electron chi connectivity index (χ1n) is 5.07. The number of rotatable bonds is 6. The Morgan fingerprint density at radius 3 is 2.76 bits per heavy atom. The van der Waals surface area contributed by atoms with E-state index in [1.165, 1.54) is 6.20 Å². The van der Waals surface area contributed by atoms with Crippen LogP contribution in [0.4, 0.5) is 5.69 Å². The smallest absolute Gasteiger partial charge is 0.309 e. The number of carboxylic acid groups (broad SMARTS) is 1. The maximum Gasteiger partial charge on any atom is 0.309 e. The number of thioether (sulfide) groups is 1. The Morgan fingerprint density at radius 1 is 1.47 bits per heavy atom. The maximum atomic E-state index is 11.4. The standard InChI is InChI=1S/C11H14N2O3S/c1-17-5-4-10(14)13-9-3-2-8(12-7-9)6-11(15)16/h2-3,7H,4-6H2,1H3,(H,13,14)(H,15,16). The summed E-state index contributed by atoms with van der Waals surface area (Å²) in [7, 11) is 0. The zero-order chi connectivity index (χ0) is 12.7. The summed E-state index contributed by atoms with van der Waals surface area (Å²) in [6.45, 7) is 0. The molecule has 0 spiro atoms. The number of carbonyl (C=O) groups is 2. The van der Waals surface area contributed by atoms with Crippen molar-refractivity contribution in [2.24, 2.45) is 0 Å². The van der Waals surface area contributed by atoms with Gasteiger partial charge in [-0.1, -0.05) is 0 Å². The van der Waals surface area contributed by atoms with Crippen molar-refractivity contribution in [3.05, 3.63) is 24.0 Å². The molecule has 1 amide bonds. The van der Waals surface area contributed by atoms with Gasteiger partial charge in [0, 0.05) is 12.2 Å². The second-order valence-electron chi connectivity index (χ2n) is 3.40. The van der Waals surface area contributed by atoms with Crippen molar-refractivity contribution < 1.29 is 14.7 Å². The van der Waals surface area contributed by atoms with E-state index >= 15 is 0 Å². The molecule has 5 nitrogen and oxygen atoms in total. The lowest BCUT2D eigenvalue weighted by Crippen LogP contribution is -2.12. The Labute approximate surface area is 104 Å². The van der Waals surface area contributed by atoms with Crippen LogP contribution in [0.15, 0.2) is 18.3 Å². The molecule has 6 heteroatoms. The van der Waals surface area contributed by atoms with Crippen LogP contribution in [0.1, 0.15) is 12.1 Å². The summed E-state index contributed by atoms with van der Waals surface area (Å²) in [6.07, 6.45) is 3.75. The number of hydrogen-bond donors (Lipinski definition) is 2. The van der Waals surface area contributed by atoms with E-state index in [-0.39, 0.29) is 12.3 Å². The van der Waals surface area contributed by atoms with Crippen molar-refractivity contribution in [2.75, 3.05) is 17.3 Å². The molecule has 0 radical (unpaired) electrons. The summed E-state index contributed by atoms with van der Waals surface area (Å²) in [5.74, 6) is -0.211. The monoisotopic (exact) mass is 254 g/mol. The zero-order valence-electron chi connectivity index (χ0n) is 9.47. The van der Waals surface area contributed by atoms with Gasteiger partial charge in [-0.2, -0.15) is 11.8 Å². The molecule has 0 fully saturated rings. The molecule has 0 atom stereocenters. The minimum Gasteiger partial charge on any atom is -0.481 e. The minimum absolute atomic E-state index is 0.0628. The van der Waals surface area contributed by atoms with Crippen LogP contribution in [0.25, 0.3) is 0 Å². The van der Waals surface area contributed by atoms with Gasteiger partial charge >= 0.3 is 5.97 Å². The quantitative estimate of drug-likeness (QED) is 0.802. The van der Waals surface area contributed by atoms with Crippen molar-refractivity contribution in [3.63, 3.8) is 0 Å². The van der Waals surface area contributed by atoms with Gasteiger partial charge in [0.15, 0.2) is 0 Å². The molecular weight excluding hydrogens is 240 g/mol. The molecule has 0 aliphatic heterocycles. The molecule has 1 rings (SSSR count). The highest BCUT2D eigenvalue weighted by Crippen LogP contribution is 2.08. The Hall–Kier alpha value is -1.56. The molecule has 0 saturated carbocycles. The Balaban J connectivity index is 2.50. The lowest BCUT2D eigenvalue weighted by Gasteiger charge is -2.04. The molecule has 1 aromatic rings. The van der Waals surface area contributed by atoms with Gasteiger partial charge in [-0.05, 0) is 18.4 Å². The van der Waals surface area contributed by atoms with E-state index in [0.717, 1.165) is 5.75 Å². The van der Waals surface area contributed by atoms with Gasteiger partial charge in [0.25, 0.3) is 0 Å². The van der Waals surface area contributed by atoms with Crippen LogP contribution in [0.5, 0.6) is 0 Å². The van der Waals surface area contributed by atoms with Crippen LogP contribution in [0.3, 0.4) is 0 Å². The zero-order valence-corrected chi connectivity index (χ0v) is 10.3. The van der Waals surface area contributed by atoms with Gasteiger partial charge < -0.3 is 10.4 Å². The van der Waals surface area contributed by atoms with Crippen LogP contribution in [0, 0.1) is 0 Å². The van der Waals surface area contributed by atoms with Crippen molar-refractivity contribution in [1.29, 1.82) is 0 Å². The third-order valence-corrected chi connectivity index (χ3v) is 2.59. The second-order valence-corrected chi connectivity index (χ2v) is 4.39. The van der Waals surface area contributed by atoms with Crippen molar-refractivity contribution in [1.82, 2.24) is 4.98 Å². The third kappa shape index (κ3) is 5.35. The number of hydrogen-bond acceptors (Lipinski definition) is 4. The van der Waals surface area contributed by atoms with E-state index in [0.29, 0.717) is 17.8 Å². The van der Waals surface area contributed by atoms with Crippen molar-refractivity contribution in [3.8, 4) is 0 Å². The van der Waals surface area contributed by atoms with E-state index in [1.54, 1.807) is 23.9 Å². The summed E-state index contributed by atoms with van der Waals surface area (Å²) in [4.78, 5) is 25.8. The number of pyridine rings is 1. The average molecular weight is 254 g/mol. The van der Waals surface area contributed by atoms with E-state index < -0.39 is 5.97 Å². The largest absolute Gasteiger partial charge is 0.481 e. The van der Waals surface area contributed by atoms with E-state index in [1.807, 2.05) is 6.26 Å².